The van der Waals surface area contributed by atoms with Crippen molar-refractivity contribution in [1.29, 1.82) is 0 Å². The quantitative estimate of drug-likeness (QED) is 0.665. The molecule has 1 N–H and O–H groups in total. The Hall–Kier alpha value is -1.27. The number of hydrogen-bond donors (Lipinski definition) is 1. The van der Waals surface area contributed by atoms with Gasteiger partial charge in [0.2, 0.25) is 5.91 Å². The van der Waals surface area contributed by atoms with Crippen LogP contribution in [0.5, 0.6) is 0 Å². The van der Waals surface area contributed by atoms with E-state index in [0.717, 1.165) is 4.90 Å². The van der Waals surface area contributed by atoms with E-state index < -0.39 is 24.5 Å². The highest BCUT2D eigenvalue weighted by Gasteiger charge is 2.38. The molecule has 7 heteroatoms. The van der Waals surface area contributed by atoms with Crippen molar-refractivity contribution in [2.24, 2.45) is 0 Å². The molecule has 0 rings (SSSR count). The van der Waals surface area contributed by atoms with Crippen LogP contribution in [0.15, 0.2) is 0 Å². The SMILES string of the molecule is CN(C)C(=O)CNC(=O)C(F)(F)F. The Morgan fingerprint density at radius 1 is 1.31 bits per heavy atom. The van der Waals surface area contributed by atoms with Gasteiger partial charge in [0.15, 0.2) is 0 Å². The van der Waals surface area contributed by atoms with Crippen molar-refractivity contribution in [3.8, 4) is 0 Å². The van der Waals surface area contributed by atoms with Crippen molar-refractivity contribution in [2.75, 3.05) is 20.6 Å². The summed E-state index contributed by atoms with van der Waals surface area (Å²) >= 11 is 0. The summed E-state index contributed by atoms with van der Waals surface area (Å²) in [5, 5.41) is 1.45. The summed E-state index contributed by atoms with van der Waals surface area (Å²) in [6, 6.07) is 0. The molecule has 0 unspecified atom stereocenters. The zero-order chi connectivity index (χ0) is 10.6. The van der Waals surface area contributed by atoms with Crippen molar-refractivity contribution < 1.29 is 22.8 Å². The first kappa shape index (κ1) is 11.7. The molecule has 0 aromatic carbocycles. The average Bonchev–Trinajstić information content (AvgIpc) is 1.97. The number of alkyl halides is 3. The van der Waals surface area contributed by atoms with Crippen LogP contribution in [0.1, 0.15) is 0 Å². The Morgan fingerprint density at radius 3 is 2.08 bits per heavy atom. The largest absolute Gasteiger partial charge is 0.471 e. The second-order valence-electron chi connectivity index (χ2n) is 2.47. The highest BCUT2D eigenvalue weighted by molar-refractivity contribution is 5.87. The molecule has 76 valence electrons. The monoisotopic (exact) mass is 198 g/mol. The lowest BCUT2D eigenvalue weighted by Crippen LogP contribution is -2.42. The minimum Gasteiger partial charge on any atom is -0.347 e. The van der Waals surface area contributed by atoms with Crippen LogP contribution in [-0.2, 0) is 9.59 Å². The summed E-state index contributed by atoms with van der Waals surface area (Å²) in [5.74, 6) is -2.71. The molecule has 0 saturated heterocycles. The number of nitrogens with one attached hydrogen (secondary N) is 1. The van der Waals surface area contributed by atoms with Gasteiger partial charge in [0, 0.05) is 14.1 Å². The van der Waals surface area contributed by atoms with E-state index in [2.05, 4.69) is 0 Å². The zero-order valence-electron chi connectivity index (χ0n) is 7.10. The van der Waals surface area contributed by atoms with E-state index in [1.165, 1.54) is 19.4 Å². The molecule has 0 radical (unpaired) electrons. The number of hydrogen-bond acceptors (Lipinski definition) is 2. The zero-order valence-corrected chi connectivity index (χ0v) is 7.10. The number of rotatable bonds is 2. The number of carbonyl (C=O) groups is 2. The van der Waals surface area contributed by atoms with Crippen molar-refractivity contribution in [1.82, 2.24) is 10.2 Å². The lowest BCUT2D eigenvalue weighted by atomic mass is 10.5. The Morgan fingerprint density at radius 2 is 1.77 bits per heavy atom. The van der Waals surface area contributed by atoms with E-state index in [9.17, 15) is 22.8 Å². The van der Waals surface area contributed by atoms with Crippen molar-refractivity contribution in [3.05, 3.63) is 0 Å². The third-order valence-electron chi connectivity index (χ3n) is 1.16. The number of carbonyl (C=O) groups excluding carboxylic acids is 2. The van der Waals surface area contributed by atoms with Gasteiger partial charge < -0.3 is 10.2 Å². The first-order chi connectivity index (χ1) is 5.75. The molecule has 0 bridgehead atoms. The summed E-state index contributed by atoms with van der Waals surface area (Å²) in [6.07, 6.45) is -4.94. The van der Waals surface area contributed by atoms with Crippen LogP contribution < -0.4 is 5.32 Å². The van der Waals surface area contributed by atoms with Gasteiger partial charge in [0.1, 0.15) is 0 Å². The van der Waals surface area contributed by atoms with Gasteiger partial charge in [-0.15, -0.1) is 0 Å². The topological polar surface area (TPSA) is 49.4 Å². The summed E-state index contributed by atoms with van der Waals surface area (Å²) < 4.78 is 34.7. The molecule has 2 amide bonds. The normalized spacial score (nSPS) is 10.8. The smallest absolute Gasteiger partial charge is 0.347 e. The average molecular weight is 198 g/mol. The van der Waals surface area contributed by atoms with Gasteiger partial charge in [-0.2, -0.15) is 13.2 Å². The maximum absolute atomic E-state index is 11.6. The van der Waals surface area contributed by atoms with Crippen LogP contribution in [0.25, 0.3) is 0 Å². The Bertz CT molecular complexity index is 212. The van der Waals surface area contributed by atoms with Crippen molar-refractivity contribution in [3.63, 3.8) is 0 Å². The fourth-order valence-corrected chi connectivity index (χ4v) is 0.414. The number of halogens is 3. The summed E-state index contributed by atoms with van der Waals surface area (Å²) in [6.45, 7) is -0.647. The van der Waals surface area contributed by atoms with Gasteiger partial charge in [-0.25, -0.2) is 0 Å². The van der Waals surface area contributed by atoms with Gasteiger partial charge in [-0.1, -0.05) is 0 Å². The van der Waals surface area contributed by atoms with Crippen LogP contribution in [0, 0.1) is 0 Å². The predicted octanol–water partition coefficient (Wildman–Crippen LogP) is -0.247. The first-order valence-corrected chi connectivity index (χ1v) is 3.30. The van der Waals surface area contributed by atoms with E-state index in [1.54, 1.807) is 0 Å². The van der Waals surface area contributed by atoms with E-state index in [1.807, 2.05) is 0 Å². The van der Waals surface area contributed by atoms with Gasteiger partial charge in [-0.3, -0.25) is 9.59 Å². The van der Waals surface area contributed by atoms with E-state index in [-0.39, 0.29) is 0 Å². The van der Waals surface area contributed by atoms with Crippen LogP contribution in [-0.4, -0.2) is 43.5 Å². The highest BCUT2D eigenvalue weighted by Crippen LogP contribution is 2.13. The summed E-state index contributed by atoms with van der Waals surface area (Å²) in [4.78, 5) is 22.0. The lowest BCUT2D eigenvalue weighted by molar-refractivity contribution is -0.173. The van der Waals surface area contributed by atoms with Gasteiger partial charge in [0.25, 0.3) is 0 Å². The van der Waals surface area contributed by atoms with Crippen molar-refractivity contribution in [2.45, 2.75) is 6.18 Å². The number of nitrogens with zero attached hydrogens (tertiary/aromatic N) is 1. The third-order valence-corrected chi connectivity index (χ3v) is 1.16. The highest BCUT2D eigenvalue weighted by atomic mass is 19.4. The molecule has 0 spiro atoms. The molecule has 4 nitrogen and oxygen atoms in total. The van der Waals surface area contributed by atoms with Gasteiger partial charge >= 0.3 is 12.1 Å². The molecule has 0 aliphatic rings. The molecule has 0 aromatic heterocycles. The molecular weight excluding hydrogens is 189 g/mol. The predicted molar refractivity (Wildman–Crippen MR) is 37.8 cm³/mol. The lowest BCUT2D eigenvalue weighted by Gasteiger charge is -2.11. The number of likely N-dealkylation sites (N-methyl/N-ethyl adjacent to an activating group) is 1. The molecule has 0 aromatic rings. The van der Waals surface area contributed by atoms with Crippen LogP contribution in [0.4, 0.5) is 13.2 Å². The van der Waals surface area contributed by atoms with Gasteiger partial charge in [0.05, 0.1) is 6.54 Å². The van der Waals surface area contributed by atoms with E-state index in [4.69, 9.17) is 0 Å². The molecule has 0 atom stereocenters. The van der Waals surface area contributed by atoms with E-state index in [0.29, 0.717) is 0 Å². The number of amides is 2. The molecule has 0 saturated carbocycles. The van der Waals surface area contributed by atoms with Crippen LogP contribution >= 0.6 is 0 Å². The second kappa shape index (κ2) is 4.11. The van der Waals surface area contributed by atoms with Crippen LogP contribution in [0.3, 0.4) is 0 Å². The minimum atomic E-state index is -4.94. The van der Waals surface area contributed by atoms with Crippen molar-refractivity contribution >= 4 is 11.8 Å². The van der Waals surface area contributed by atoms with Crippen LogP contribution in [0.2, 0.25) is 0 Å². The molecule has 0 fully saturated rings. The summed E-state index contributed by atoms with van der Waals surface area (Å²) in [5.41, 5.74) is 0. The van der Waals surface area contributed by atoms with E-state index >= 15 is 0 Å². The molecule has 13 heavy (non-hydrogen) atoms. The molecule has 0 aliphatic carbocycles. The Kier molecular flexibility index (Phi) is 3.70. The standard InChI is InChI=1S/C6H9F3N2O2/c1-11(2)4(12)3-10-5(13)6(7,8)9/h3H2,1-2H3,(H,10,13). The van der Waals surface area contributed by atoms with Gasteiger partial charge in [-0.05, 0) is 0 Å². The molecular formula is C6H9F3N2O2. The fourth-order valence-electron chi connectivity index (χ4n) is 0.414. The summed E-state index contributed by atoms with van der Waals surface area (Å²) in [7, 11) is 2.75. The second-order valence-corrected chi connectivity index (χ2v) is 2.47. The Balaban J connectivity index is 3.92. The molecule has 0 heterocycles. The maximum atomic E-state index is 11.6. The maximum Gasteiger partial charge on any atom is 0.471 e. The first-order valence-electron chi connectivity index (χ1n) is 3.30. The fraction of sp³-hybridized carbons (Fsp3) is 0.667. The Labute approximate surface area is 72.7 Å². The minimum absolute atomic E-state index is 0.599. The molecule has 0 aliphatic heterocycles. The third kappa shape index (κ3) is 4.34.